The van der Waals surface area contributed by atoms with E-state index in [9.17, 15) is 4.79 Å². The lowest BCUT2D eigenvalue weighted by atomic mass is 10.1. The molecule has 0 unspecified atom stereocenters. The van der Waals surface area contributed by atoms with E-state index in [1.807, 2.05) is 13.0 Å². The third-order valence-electron chi connectivity index (χ3n) is 3.25. The number of hydrogen-bond donors (Lipinski definition) is 0. The minimum Gasteiger partial charge on any atom is -0.493 e. The number of furan rings is 1. The van der Waals surface area contributed by atoms with Gasteiger partial charge in [-0.15, -0.1) is 0 Å². The number of benzene rings is 1. The van der Waals surface area contributed by atoms with Crippen LogP contribution >= 0.6 is 15.9 Å². The standard InChI is InChI=1S/C17H20BrNO4/c1-4-7-23-16-14(18)9-12(10-15(16)21-3)17(20)19(2)11-13-6-5-8-22-13/h5-6,8-10H,4,7,11H2,1-3H3. The summed E-state index contributed by atoms with van der Waals surface area (Å²) < 4.78 is 17.0. The highest BCUT2D eigenvalue weighted by atomic mass is 79.9. The van der Waals surface area contributed by atoms with Crippen LogP contribution in [0.5, 0.6) is 11.5 Å². The van der Waals surface area contributed by atoms with Crippen LogP contribution < -0.4 is 9.47 Å². The number of carbonyl (C=O) groups excluding carboxylic acids is 1. The topological polar surface area (TPSA) is 51.9 Å². The van der Waals surface area contributed by atoms with Gasteiger partial charge in [-0.1, -0.05) is 6.92 Å². The molecule has 1 amide bonds. The van der Waals surface area contributed by atoms with Gasteiger partial charge in [-0.05, 0) is 46.6 Å². The molecule has 6 heteroatoms. The second kappa shape index (κ2) is 8.06. The number of rotatable bonds is 7. The molecule has 0 saturated heterocycles. The molecule has 0 saturated carbocycles. The van der Waals surface area contributed by atoms with Crippen molar-refractivity contribution in [2.75, 3.05) is 20.8 Å². The van der Waals surface area contributed by atoms with E-state index in [1.165, 1.54) is 0 Å². The van der Waals surface area contributed by atoms with Gasteiger partial charge in [0.1, 0.15) is 5.76 Å². The Labute approximate surface area is 144 Å². The Kier molecular flexibility index (Phi) is 6.10. The Bertz CT molecular complexity index is 655. The summed E-state index contributed by atoms with van der Waals surface area (Å²) in [7, 11) is 3.29. The van der Waals surface area contributed by atoms with Crippen molar-refractivity contribution >= 4 is 21.8 Å². The SMILES string of the molecule is CCCOc1c(Br)cc(C(=O)N(C)Cc2ccco2)cc1OC. The van der Waals surface area contributed by atoms with Crippen LogP contribution in [0.4, 0.5) is 0 Å². The summed E-state index contributed by atoms with van der Waals surface area (Å²) in [6.45, 7) is 3.02. The van der Waals surface area contributed by atoms with Gasteiger partial charge in [0.25, 0.3) is 5.91 Å². The fourth-order valence-corrected chi connectivity index (χ4v) is 2.67. The molecule has 1 aromatic heterocycles. The van der Waals surface area contributed by atoms with Crippen molar-refractivity contribution in [3.63, 3.8) is 0 Å². The zero-order chi connectivity index (χ0) is 16.8. The van der Waals surface area contributed by atoms with Crippen LogP contribution in [-0.2, 0) is 6.54 Å². The lowest BCUT2D eigenvalue weighted by Gasteiger charge is -2.18. The molecule has 0 aliphatic carbocycles. The van der Waals surface area contributed by atoms with Crippen LogP contribution in [0.25, 0.3) is 0 Å². The molecule has 0 fully saturated rings. The van der Waals surface area contributed by atoms with Crippen LogP contribution in [0.1, 0.15) is 29.5 Å². The van der Waals surface area contributed by atoms with Crippen LogP contribution in [0.2, 0.25) is 0 Å². The fourth-order valence-electron chi connectivity index (χ4n) is 2.12. The van der Waals surface area contributed by atoms with Crippen LogP contribution in [-0.4, -0.2) is 31.6 Å². The molecule has 1 aromatic carbocycles. The number of halogens is 1. The quantitative estimate of drug-likeness (QED) is 0.723. The first-order valence-corrected chi connectivity index (χ1v) is 8.14. The first-order chi connectivity index (χ1) is 11.1. The van der Waals surface area contributed by atoms with E-state index in [0.717, 1.165) is 12.2 Å². The van der Waals surface area contributed by atoms with Gasteiger partial charge in [0, 0.05) is 12.6 Å². The number of nitrogens with zero attached hydrogens (tertiary/aromatic N) is 1. The van der Waals surface area contributed by atoms with Crippen molar-refractivity contribution in [1.29, 1.82) is 0 Å². The molecule has 5 nitrogen and oxygen atoms in total. The summed E-state index contributed by atoms with van der Waals surface area (Å²) in [4.78, 5) is 14.2. The van der Waals surface area contributed by atoms with Gasteiger partial charge < -0.3 is 18.8 Å². The summed E-state index contributed by atoms with van der Waals surface area (Å²) in [5.41, 5.74) is 0.520. The zero-order valence-corrected chi connectivity index (χ0v) is 15.1. The second-order valence-electron chi connectivity index (χ2n) is 5.08. The van der Waals surface area contributed by atoms with Gasteiger partial charge >= 0.3 is 0 Å². The number of hydrogen-bond acceptors (Lipinski definition) is 4. The number of ether oxygens (including phenoxy) is 2. The summed E-state index contributed by atoms with van der Waals surface area (Å²) in [6, 6.07) is 7.07. The predicted molar refractivity (Wildman–Crippen MR) is 91.0 cm³/mol. The molecule has 0 atom stereocenters. The normalized spacial score (nSPS) is 10.4. The largest absolute Gasteiger partial charge is 0.493 e. The van der Waals surface area contributed by atoms with Crippen LogP contribution in [0.3, 0.4) is 0 Å². The van der Waals surface area contributed by atoms with Crippen molar-refractivity contribution in [1.82, 2.24) is 4.90 Å². The molecule has 2 aromatic rings. The number of methoxy groups -OCH3 is 1. The Morgan fingerprint density at radius 3 is 2.78 bits per heavy atom. The average Bonchev–Trinajstić information content (AvgIpc) is 3.05. The highest BCUT2D eigenvalue weighted by Gasteiger charge is 2.18. The van der Waals surface area contributed by atoms with E-state index in [-0.39, 0.29) is 5.91 Å². The average molecular weight is 382 g/mol. The highest BCUT2D eigenvalue weighted by Crippen LogP contribution is 2.37. The molecular formula is C17H20BrNO4. The Balaban J connectivity index is 2.21. The minimum absolute atomic E-state index is 0.123. The maximum atomic E-state index is 12.6. The second-order valence-corrected chi connectivity index (χ2v) is 5.93. The van der Waals surface area contributed by atoms with Crippen molar-refractivity contribution in [2.24, 2.45) is 0 Å². The summed E-state index contributed by atoms with van der Waals surface area (Å²) in [5, 5.41) is 0. The van der Waals surface area contributed by atoms with Gasteiger partial charge in [-0.3, -0.25) is 4.79 Å². The van der Waals surface area contributed by atoms with E-state index in [0.29, 0.717) is 34.7 Å². The molecule has 0 bridgehead atoms. The van der Waals surface area contributed by atoms with Crippen LogP contribution in [0, 0.1) is 0 Å². The molecule has 0 radical (unpaired) electrons. The highest BCUT2D eigenvalue weighted by molar-refractivity contribution is 9.10. The lowest BCUT2D eigenvalue weighted by molar-refractivity contribution is 0.0775. The van der Waals surface area contributed by atoms with Crippen molar-refractivity contribution < 1.29 is 18.7 Å². The van der Waals surface area contributed by atoms with E-state index < -0.39 is 0 Å². The maximum absolute atomic E-state index is 12.6. The minimum atomic E-state index is -0.123. The van der Waals surface area contributed by atoms with E-state index in [4.69, 9.17) is 13.9 Å². The Morgan fingerprint density at radius 2 is 2.17 bits per heavy atom. The first kappa shape index (κ1) is 17.4. The Morgan fingerprint density at radius 1 is 1.39 bits per heavy atom. The molecule has 23 heavy (non-hydrogen) atoms. The zero-order valence-electron chi connectivity index (χ0n) is 13.5. The first-order valence-electron chi connectivity index (χ1n) is 7.35. The van der Waals surface area contributed by atoms with Gasteiger partial charge in [0.2, 0.25) is 0 Å². The van der Waals surface area contributed by atoms with Gasteiger partial charge in [0.15, 0.2) is 11.5 Å². The van der Waals surface area contributed by atoms with Gasteiger partial charge in [-0.25, -0.2) is 0 Å². The van der Waals surface area contributed by atoms with Crippen molar-refractivity contribution in [3.8, 4) is 11.5 Å². The molecule has 0 spiro atoms. The molecular weight excluding hydrogens is 362 g/mol. The molecule has 1 heterocycles. The van der Waals surface area contributed by atoms with Crippen molar-refractivity contribution in [2.45, 2.75) is 19.9 Å². The van der Waals surface area contributed by atoms with E-state index in [1.54, 1.807) is 43.5 Å². The molecule has 124 valence electrons. The van der Waals surface area contributed by atoms with Crippen LogP contribution in [0.15, 0.2) is 39.4 Å². The van der Waals surface area contributed by atoms with Gasteiger partial charge in [-0.2, -0.15) is 0 Å². The smallest absolute Gasteiger partial charge is 0.254 e. The molecule has 0 aliphatic rings. The van der Waals surface area contributed by atoms with Gasteiger partial charge in [0.05, 0.1) is 31.0 Å². The summed E-state index contributed by atoms with van der Waals surface area (Å²) in [6.07, 6.45) is 2.48. The lowest BCUT2D eigenvalue weighted by Crippen LogP contribution is -2.26. The maximum Gasteiger partial charge on any atom is 0.254 e. The molecule has 0 aliphatic heterocycles. The number of carbonyl (C=O) groups is 1. The summed E-state index contributed by atoms with van der Waals surface area (Å²) >= 11 is 3.45. The molecule has 0 N–H and O–H groups in total. The monoisotopic (exact) mass is 381 g/mol. The fraction of sp³-hybridized carbons (Fsp3) is 0.353. The summed E-state index contributed by atoms with van der Waals surface area (Å²) in [5.74, 6) is 1.75. The van der Waals surface area contributed by atoms with E-state index in [2.05, 4.69) is 15.9 Å². The molecule has 2 rings (SSSR count). The predicted octanol–water partition coefficient (Wildman–Crippen LogP) is 4.11. The number of amides is 1. The Hall–Kier alpha value is -1.95. The van der Waals surface area contributed by atoms with Crippen molar-refractivity contribution in [3.05, 3.63) is 46.3 Å². The third-order valence-corrected chi connectivity index (χ3v) is 3.84. The third kappa shape index (κ3) is 4.28. The van der Waals surface area contributed by atoms with E-state index >= 15 is 0 Å².